The van der Waals surface area contributed by atoms with Crippen molar-refractivity contribution in [1.29, 1.82) is 0 Å². The number of nitrogens with one attached hydrogen (secondary N) is 2. The second-order valence-corrected chi connectivity index (χ2v) is 6.02. The van der Waals surface area contributed by atoms with Gasteiger partial charge in [-0.15, -0.1) is 0 Å². The highest BCUT2D eigenvalue weighted by molar-refractivity contribution is 6.04. The zero-order chi connectivity index (χ0) is 16.2. The number of hydrogen-bond acceptors (Lipinski definition) is 2. The predicted octanol–water partition coefficient (Wildman–Crippen LogP) is 3.62. The standard InChI is InChI=1S/C19H21N3O/c1-13-8-11-17-16(12-13)18(22-21-17)19(23)20-14(2)9-10-15-6-4-3-5-7-15/h3-8,11-12,14H,9-10H2,1-2H3,(H,20,23)(H,21,22). The second-order valence-electron chi connectivity index (χ2n) is 6.02. The van der Waals surface area contributed by atoms with Gasteiger partial charge in [-0.25, -0.2) is 0 Å². The summed E-state index contributed by atoms with van der Waals surface area (Å²) in [6, 6.07) is 16.4. The molecule has 0 saturated carbocycles. The van der Waals surface area contributed by atoms with Gasteiger partial charge < -0.3 is 5.32 Å². The number of aryl methyl sites for hydroxylation is 2. The number of nitrogens with zero attached hydrogens (tertiary/aromatic N) is 1. The van der Waals surface area contributed by atoms with Gasteiger partial charge in [0.1, 0.15) is 0 Å². The van der Waals surface area contributed by atoms with E-state index in [0.29, 0.717) is 5.69 Å². The molecule has 118 valence electrons. The molecule has 2 aromatic carbocycles. The first kappa shape index (κ1) is 15.3. The van der Waals surface area contributed by atoms with Crippen molar-refractivity contribution in [3.63, 3.8) is 0 Å². The predicted molar refractivity (Wildman–Crippen MR) is 92.5 cm³/mol. The van der Waals surface area contributed by atoms with Gasteiger partial charge in [-0.2, -0.15) is 5.10 Å². The van der Waals surface area contributed by atoms with E-state index in [9.17, 15) is 4.79 Å². The van der Waals surface area contributed by atoms with Gasteiger partial charge in [0, 0.05) is 11.4 Å². The van der Waals surface area contributed by atoms with Gasteiger partial charge in [-0.05, 0) is 44.4 Å². The lowest BCUT2D eigenvalue weighted by Crippen LogP contribution is -2.33. The Hall–Kier alpha value is -2.62. The Morgan fingerprint density at radius 1 is 1.22 bits per heavy atom. The molecule has 0 aliphatic heterocycles. The number of aromatic nitrogens is 2. The van der Waals surface area contributed by atoms with Crippen molar-refractivity contribution in [1.82, 2.24) is 15.5 Å². The van der Waals surface area contributed by atoms with Gasteiger partial charge in [0.15, 0.2) is 5.69 Å². The van der Waals surface area contributed by atoms with Crippen molar-refractivity contribution >= 4 is 16.8 Å². The number of amides is 1. The van der Waals surface area contributed by atoms with Crippen LogP contribution in [-0.4, -0.2) is 22.1 Å². The minimum Gasteiger partial charge on any atom is -0.348 e. The summed E-state index contributed by atoms with van der Waals surface area (Å²) in [7, 11) is 0. The molecule has 4 heteroatoms. The van der Waals surface area contributed by atoms with E-state index in [4.69, 9.17) is 0 Å². The number of carbonyl (C=O) groups excluding carboxylic acids is 1. The second kappa shape index (κ2) is 6.65. The number of rotatable bonds is 5. The maximum atomic E-state index is 12.5. The number of hydrogen-bond donors (Lipinski definition) is 2. The summed E-state index contributed by atoms with van der Waals surface area (Å²) in [5.41, 5.74) is 3.76. The molecule has 0 fully saturated rings. The number of aromatic amines is 1. The van der Waals surface area contributed by atoms with E-state index in [-0.39, 0.29) is 11.9 Å². The van der Waals surface area contributed by atoms with Crippen LogP contribution in [0.25, 0.3) is 10.9 Å². The molecule has 1 amide bonds. The minimum absolute atomic E-state index is 0.0965. The molecule has 1 atom stereocenters. The van der Waals surface area contributed by atoms with Gasteiger partial charge in [0.05, 0.1) is 5.52 Å². The van der Waals surface area contributed by atoms with Crippen LogP contribution in [0.3, 0.4) is 0 Å². The third-order valence-electron chi connectivity index (χ3n) is 4.02. The van der Waals surface area contributed by atoms with Crippen molar-refractivity contribution in [3.8, 4) is 0 Å². The monoisotopic (exact) mass is 307 g/mol. The third-order valence-corrected chi connectivity index (χ3v) is 4.02. The lowest BCUT2D eigenvalue weighted by molar-refractivity contribution is 0.0935. The highest BCUT2D eigenvalue weighted by atomic mass is 16.2. The Morgan fingerprint density at radius 3 is 2.78 bits per heavy atom. The molecular weight excluding hydrogens is 286 g/mol. The van der Waals surface area contributed by atoms with Crippen LogP contribution in [0.2, 0.25) is 0 Å². The first-order valence-electron chi connectivity index (χ1n) is 7.93. The molecule has 1 aromatic heterocycles. The normalized spacial score (nSPS) is 12.3. The summed E-state index contributed by atoms with van der Waals surface area (Å²) >= 11 is 0. The maximum Gasteiger partial charge on any atom is 0.272 e. The van der Waals surface area contributed by atoms with Gasteiger partial charge in [-0.3, -0.25) is 9.89 Å². The van der Waals surface area contributed by atoms with Crippen molar-refractivity contribution in [2.24, 2.45) is 0 Å². The van der Waals surface area contributed by atoms with E-state index >= 15 is 0 Å². The quantitative estimate of drug-likeness (QED) is 0.756. The van der Waals surface area contributed by atoms with E-state index in [1.165, 1.54) is 5.56 Å². The Morgan fingerprint density at radius 2 is 2.00 bits per heavy atom. The van der Waals surface area contributed by atoms with Crippen molar-refractivity contribution < 1.29 is 4.79 Å². The van der Waals surface area contributed by atoms with Gasteiger partial charge >= 0.3 is 0 Å². The highest BCUT2D eigenvalue weighted by Gasteiger charge is 2.16. The van der Waals surface area contributed by atoms with Crippen molar-refractivity contribution in [2.45, 2.75) is 32.7 Å². The van der Waals surface area contributed by atoms with E-state index in [1.807, 2.05) is 50.2 Å². The largest absolute Gasteiger partial charge is 0.348 e. The molecule has 1 heterocycles. The smallest absolute Gasteiger partial charge is 0.272 e. The van der Waals surface area contributed by atoms with Crippen molar-refractivity contribution in [2.75, 3.05) is 0 Å². The van der Waals surface area contributed by atoms with Gasteiger partial charge in [0.2, 0.25) is 0 Å². The maximum absolute atomic E-state index is 12.5. The Balaban J connectivity index is 1.64. The molecular formula is C19H21N3O. The molecule has 3 rings (SSSR count). The molecule has 2 N–H and O–H groups in total. The number of fused-ring (bicyclic) bond motifs is 1. The summed E-state index contributed by atoms with van der Waals surface area (Å²) in [5, 5.41) is 11.0. The Bertz CT molecular complexity index is 808. The zero-order valence-corrected chi connectivity index (χ0v) is 13.5. The van der Waals surface area contributed by atoms with E-state index in [1.54, 1.807) is 0 Å². The van der Waals surface area contributed by atoms with Crippen LogP contribution in [0.4, 0.5) is 0 Å². The van der Waals surface area contributed by atoms with E-state index < -0.39 is 0 Å². The molecule has 0 aliphatic carbocycles. The SMILES string of the molecule is Cc1ccc2[nH]nc(C(=O)NC(C)CCc3ccccc3)c2c1. The minimum atomic E-state index is -0.123. The number of carbonyl (C=O) groups is 1. The summed E-state index contributed by atoms with van der Waals surface area (Å²) in [4.78, 5) is 12.5. The fraction of sp³-hybridized carbons (Fsp3) is 0.263. The zero-order valence-electron chi connectivity index (χ0n) is 13.5. The van der Waals surface area contributed by atoms with E-state index in [0.717, 1.165) is 29.3 Å². The average Bonchev–Trinajstić information content (AvgIpc) is 2.97. The van der Waals surface area contributed by atoms with Crippen LogP contribution in [0.1, 0.15) is 35.0 Å². The third kappa shape index (κ3) is 3.59. The molecule has 4 nitrogen and oxygen atoms in total. The highest BCUT2D eigenvalue weighted by Crippen LogP contribution is 2.17. The van der Waals surface area contributed by atoms with Crippen LogP contribution in [0, 0.1) is 6.92 Å². The van der Waals surface area contributed by atoms with Gasteiger partial charge in [-0.1, -0.05) is 42.0 Å². The Kier molecular flexibility index (Phi) is 4.42. The Labute approximate surface area is 135 Å². The number of benzene rings is 2. The lowest BCUT2D eigenvalue weighted by atomic mass is 10.1. The fourth-order valence-corrected chi connectivity index (χ4v) is 2.69. The molecule has 0 bridgehead atoms. The van der Waals surface area contributed by atoms with Crippen LogP contribution < -0.4 is 5.32 Å². The molecule has 3 aromatic rings. The molecule has 0 aliphatic rings. The molecule has 0 saturated heterocycles. The van der Waals surface area contributed by atoms with Crippen molar-refractivity contribution in [3.05, 3.63) is 65.4 Å². The molecule has 0 radical (unpaired) electrons. The average molecular weight is 307 g/mol. The van der Waals surface area contributed by atoms with Crippen LogP contribution in [0.5, 0.6) is 0 Å². The first-order chi connectivity index (χ1) is 11.1. The summed E-state index contributed by atoms with van der Waals surface area (Å²) in [6.45, 7) is 4.04. The van der Waals surface area contributed by atoms with E-state index in [2.05, 4.69) is 27.6 Å². The van der Waals surface area contributed by atoms with Crippen LogP contribution in [0.15, 0.2) is 48.5 Å². The number of H-pyrrole nitrogens is 1. The first-order valence-corrected chi connectivity index (χ1v) is 7.93. The fourth-order valence-electron chi connectivity index (χ4n) is 2.69. The van der Waals surface area contributed by atoms with Crippen LogP contribution >= 0.6 is 0 Å². The van der Waals surface area contributed by atoms with Crippen LogP contribution in [-0.2, 0) is 6.42 Å². The lowest BCUT2D eigenvalue weighted by Gasteiger charge is -2.13. The summed E-state index contributed by atoms with van der Waals surface area (Å²) in [6.07, 6.45) is 1.85. The molecule has 0 spiro atoms. The summed E-state index contributed by atoms with van der Waals surface area (Å²) in [5.74, 6) is -0.123. The summed E-state index contributed by atoms with van der Waals surface area (Å²) < 4.78 is 0. The topological polar surface area (TPSA) is 57.8 Å². The van der Waals surface area contributed by atoms with Gasteiger partial charge in [0.25, 0.3) is 5.91 Å². The molecule has 23 heavy (non-hydrogen) atoms. The molecule has 1 unspecified atom stereocenters.